The van der Waals surface area contributed by atoms with Crippen LogP contribution in [0.1, 0.15) is 22.8 Å². The molecule has 0 atom stereocenters. The number of nitrogens with one attached hydrogen (secondary N) is 2. The molecule has 4 rings (SSSR count). The van der Waals surface area contributed by atoms with Gasteiger partial charge in [-0.2, -0.15) is 5.10 Å². The first-order valence-corrected chi connectivity index (χ1v) is 11.0. The third-order valence-corrected chi connectivity index (χ3v) is 5.30. The number of rotatable bonds is 8. The zero-order valence-corrected chi connectivity index (χ0v) is 19.7. The van der Waals surface area contributed by atoms with Gasteiger partial charge in [0.1, 0.15) is 17.2 Å². The van der Waals surface area contributed by atoms with Gasteiger partial charge in [0.05, 0.1) is 32.0 Å². The highest BCUT2D eigenvalue weighted by molar-refractivity contribution is 6.08. The van der Waals surface area contributed by atoms with Crippen molar-refractivity contribution in [1.82, 2.24) is 9.78 Å². The molecule has 35 heavy (non-hydrogen) atoms. The number of methoxy groups -OCH3 is 2. The average Bonchev–Trinajstić information content (AvgIpc) is 3.28. The Morgan fingerprint density at radius 3 is 2.43 bits per heavy atom. The van der Waals surface area contributed by atoms with E-state index >= 15 is 0 Å². The summed E-state index contributed by atoms with van der Waals surface area (Å²) in [6, 6.07) is 22.4. The number of benzene rings is 3. The Bertz CT molecular complexity index is 1350. The second-order valence-corrected chi connectivity index (χ2v) is 7.86. The summed E-state index contributed by atoms with van der Waals surface area (Å²) >= 11 is 0. The van der Waals surface area contributed by atoms with Crippen molar-refractivity contribution >= 4 is 23.2 Å². The summed E-state index contributed by atoms with van der Waals surface area (Å²) in [5.74, 6) is 0.586. The number of carbonyl (C=O) groups is 2. The molecule has 2 amide bonds. The molecule has 2 N–H and O–H groups in total. The molecule has 8 heteroatoms. The van der Waals surface area contributed by atoms with E-state index in [0.717, 1.165) is 11.1 Å². The van der Waals surface area contributed by atoms with E-state index in [1.165, 1.54) is 14.0 Å². The molecule has 0 spiro atoms. The predicted octanol–water partition coefficient (Wildman–Crippen LogP) is 4.83. The molecule has 0 aliphatic rings. The average molecular weight is 471 g/mol. The highest BCUT2D eigenvalue weighted by atomic mass is 16.5. The summed E-state index contributed by atoms with van der Waals surface area (Å²) < 4.78 is 12.4. The fourth-order valence-corrected chi connectivity index (χ4v) is 3.69. The van der Waals surface area contributed by atoms with Crippen LogP contribution >= 0.6 is 0 Å². The van der Waals surface area contributed by atoms with Crippen LogP contribution in [0, 0.1) is 0 Å². The summed E-state index contributed by atoms with van der Waals surface area (Å²) in [4.78, 5) is 25.0. The number of nitrogens with zero attached hydrogens (tertiary/aromatic N) is 2. The zero-order chi connectivity index (χ0) is 24.8. The molecular weight excluding hydrogens is 444 g/mol. The molecule has 0 fully saturated rings. The van der Waals surface area contributed by atoms with Gasteiger partial charge in [0.2, 0.25) is 5.91 Å². The number of anilines is 2. The first-order chi connectivity index (χ1) is 17.0. The molecule has 4 aromatic rings. The number of carbonyl (C=O) groups excluding carboxylic acids is 2. The van der Waals surface area contributed by atoms with Crippen molar-refractivity contribution in [3.05, 3.63) is 90.1 Å². The molecule has 1 heterocycles. The van der Waals surface area contributed by atoms with Gasteiger partial charge in [-0.15, -0.1) is 0 Å². The fourth-order valence-electron chi connectivity index (χ4n) is 3.69. The lowest BCUT2D eigenvalue weighted by atomic mass is 10.1. The van der Waals surface area contributed by atoms with Crippen LogP contribution in [-0.4, -0.2) is 35.8 Å². The van der Waals surface area contributed by atoms with Crippen LogP contribution in [0.5, 0.6) is 11.5 Å². The van der Waals surface area contributed by atoms with E-state index in [1.807, 2.05) is 54.6 Å². The van der Waals surface area contributed by atoms with Crippen LogP contribution < -0.4 is 20.1 Å². The highest BCUT2D eigenvalue weighted by Gasteiger charge is 2.19. The minimum absolute atomic E-state index is 0.241. The summed E-state index contributed by atoms with van der Waals surface area (Å²) in [5, 5.41) is 10.3. The Labute approximate surface area is 203 Å². The minimum atomic E-state index is -0.332. The van der Waals surface area contributed by atoms with Crippen molar-refractivity contribution in [1.29, 1.82) is 0 Å². The molecule has 1 aromatic heterocycles. The zero-order valence-electron chi connectivity index (χ0n) is 19.7. The van der Waals surface area contributed by atoms with Gasteiger partial charge < -0.3 is 20.1 Å². The number of hydrogen-bond donors (Lipinski definition) is 2. The van der Waals surface area contributed by atoms with Crippen LogP contribution in [0.15, 0.2) is 79.0 Å². The molecule has 3 aromatic carbocycles. The van der Waals surface area contributed by atoms with Crippen LogP contribution in [-0.2, 0) is 11.3 Å². The Morgan fingerprint density at radius 2 is 1.71 bits per heavy atom. The maximum absolute atomic E-state index is 13.4. The molecular formula is C27H26N4O4. The molecule has 0 aliphatic heterocycles. The Hall–Kier alpha value is -4.59. The van der Waals surface area contributed by atoms with Crippen LogP contribution in [0.25, 0.3) is 11.3 Å². The predicted molar refractivity (Wildman–Crippen MR) is 135 cm³/mol. The Morgan fingerprint density at radius 1 is 0.914 bits per heavy atom. The van der Waals surface area contributed by atoms with Gasteiger partial charge in [0, 0.05) is 24.4 Å². The third kappa shape index (κ3) is 5.67. The maximum atomic E-state index is 13.4. The first-order valence-electron chi connectivity index (χ1n) is 11.0. The molecule has 0 saturated carbocycles. The van der Waals surface area contributed by atoms with E-state index in [0.29, 0.717) is 40.7 Å². The highest BCUT2D eigenvalue weighted by Crippen LogP contribution is 2.30. The molecule has 0 radical (unpaired) electrons. The Kier molecular flexibility index (Phi) is 7.11. The van der Waals surface area contributed by atoms with E-state index < -0.39 is 0 Å². The van der Waals surface area contributed by atoms with E-state index in [9.17, 15) is 9.59 Å². The van der Waals surface area contributed by atoms with Crippen molar-refractivity contribution in [3.8, 4) is 22.8 Å². The van der Waals surface area contributed by atoms with E-state index in [1.54, 1.807) is 36.2 Å². The number of hydrogen-bond acceptors (Lipinski definition) is 5. The smallest absolute Gasteiger partial charge is 0.259 e. The largest absolute Gasteiger partial charge is 0.497 e. The van der Waals surface area contributed by atoms with Gasteiger partial charge in [-0.3, -0.25) is 14.3 Å². The van der Waals surface area contributed by atoms with Crippen molar-refractivity contribution < 1.29 is 19.1 Å². The van der Waals surface area contributed by atoms with Crippen molar-refractivity contribution in [2.45, 2.75) is 13.5 Å². The lowest BCUT2D eigenvalue weighted by Crippen LogP contribution is -2.13. The quantitative estimate of drug-likeness (QED) is 0.385. The van der Waals surface area contributed by atoms with Gasteiger partial charge >= 0.3 is 0 Å². The SMILES string of the molecule is COc1cccc(-c2nn(Cc3ccccc3)cc2C(=O)Nc2ccc(OC)c(NC(C)=O)c2)c1. The van der Waals surface area contributed by atoms with E-state index in [2.05, 4.69) is 10.6 Å². The number of amides is 2. The Balaban J connectivity index is 1.69. The van der Waals surface area contributed by atoms with E-state index in [-0.39, 0.29) is 11.8 Å². The fraction of sp³-hybridized carbons (Fsp3) is 0.148. The monoisotopic (exact) mass is 470 g/mol. The summed E-state index contributed by atoms with van der Waals surface area (Å²) in [7, 11) is 3.11. The van der Waals surface area contributed by atoms with Gasteiger partial charge in [-0.1, -0.05) is 42.5 Å². The third-order valence-electron chi connectivity index (χ3n) is 5.30. The van der Waals surface area contributed by atoms with Gasteiger partial charge in [-0.05, 0) is 35.9 Å². The molecule has 0 saturated heterocycles. The second kappa shape index (κ2) is 10.6. The van der Waals surface area contributed by atoms with Crippen LogP contribution in [0.4, 0.5) is 11.4 Å². The van der Waals surface area contributed by atoms with Gasteiger partial charge in [0.25, 0.3) is 5.91 Å². The van der Waals surface area contributed by atoms with Crippen molar-refractivity contribution in [2.24, 2.45) is 0 Å². The molecule has 0 bridgehead atoms. The summed E-state index contributed by atoms with van der Waals surface area (Å²) in [5.41, 5.74) is 3.74. The second-order valence-electron chi connectivity index (χ2n) is 7.86. The molecule has 8 nitrogen and oxygen atoms in total. The van der Waals surface area contributed by atoms with Crippen molar-refractivity contribution in [2.75, 3.05) is 24.9 Å². The van der Waals surface area contributed by atoms with Crippen LogP contribution in [0.2, 0.25) is 0 Å². The maximum Gasteiger partial charge on any atom is 0.259 e. The lowest BCUT2D eigenvalue weighted by Gasteiger charge is -2.12. The number of aromatic nitrogens is 2. The summed E-state index contributed by atoms with van der Waals surface area (Å²) in [6.07, 6.45) is 1.73. The van der Waals surface area contributed by atoms with Crippen LogP contribution in [0.3, 0.4) is 0 Å². The van der Waals surface area contributed by atoms with Gasteiger partial charge in [0.15, 0.2) is 0 Å². The van der Waals surface area contributed by atoms with Crippen molar-refractivity contribution in [3.63, 3.8) is 0 Å². The first kappa shape index (κ1) is 23.6. The van der Waals surface area contributed by atoms with Gasteiger partial charge in [-0.25, -0.2) is 0 Å². The molecule has 0 unspecified atom stereocenters. The number of ether oxygens (including phenoxy) is 2. The van der Waals surface area contributed by atoms with E-state index in [4.69, 9.17) is 14.6 Å². The summed E-state index contributed by atoms with van der Waals surface area (Å²) in [6.45, 7) is 1.92. The standard InChI is InChI=1S/C27H26N4O4/c1-18(32)28-24-15-21(12-13-25(24)35-3)29-27(33)23-17-31(16-19-8-5-4-6-9-19)30-26(23)20-10-7-11-22(14-20)34-2/h4-15,17H,16H2,1-3H3,(H,28,32)(H,29,33). The molecule has 0 aliphatic carbocycles. The minimum Gasteiger partial charge on any atom is -0.497 e. The lowest BCUT2D eigenvalue weighted by molar-refractivity contribution is -0.114. The molecule has 178 valence electrons. The normalized spacial score (nSPS) is 10.5. The topological polar surface area (TPSA) is 94.5 Å².